The third-order valence-electron chi connectivity index (χ3n) is 3.77. The van der Waals surface area contributed by atoms with Gasteiger partial charge in [0.05, 0.1) is 17.6 Å². The van der Waals surface area contributed by atoms with Crippen LogP contribution in [0.25, 0.3) is 0 Å². The number of rotatable bonds is 3. The van der Waals surface area contributed by atoms with Crippen LogP contribution in [-0.2, 0) is 11.2 Å². The summed E-state index contributed by atoms with van der Waals surface area (Å²) in [4.78, 5) is 0. The van der Waals surface area contributed by atoms with E-state index in [0.29, 0.717) is 5.92 Å². The summed E-state index contributed by atoms with van der Waals surface area (Å²) in [5, 5.41) is 9.42. The molecule has 2 heteroatoms. The van der Waals surface area contributed by atoms with Gasteiger partial charge in [-0.05, 0) is 44.6 Å². The minimum Gasteiger partial charge on any atom is -0.376 e. The molecule has 1 aromatic rings. The van der Waals surface area contributed by atoms with Crippen molar-refractivity contribution >= 4 is 0 Å². The van der Waals surface area contributed by atoms with Gasteiger partial charge >= 0.3 is 0 Å². The van der Waals surface area contributed by atoms with E-state index in [1.54, 1.807) is 0 Å². The van der Waals surface area contributed by atoms with Gasteiger partial charge in [-0.25, -0.2) is 0 Å². The Kier molecular flexibility index (Phi) is 4.04. The van der Waals surface area contributed by atoms with Gasteiger partial charge in [-0.15, -0.1) is 0 Å². The van der Waals surface area contributed by atoms with Crippen molar-refractivity contribution in [2.45, 2.75) is 38.7 Å². The summed E-state index contributed by atoms with van der Waals surface area (Å²) in [6.45, 7) is 5.02. The van der Waals surface area contributed by atoms with E-state index in [1.807, 2.05) is 18.2 Å². The summed E-state index contributed by atoms with van der Waals surface area (Å²) in [5.41, 5.74) is 1.18. The van der Waals surface area contributed by atoms with Gasteiger partial charge in [0.25, 0.3) is 0 Å². The van der Waals surface area contributed by atoms with Crippen LogP contribution in [0.1, 0.15) is 32.3 Å². The van der Waals surface area contributed by atoms with Crippen LogP contribution in [-0.4, -0.2) is 12.2 Å². The lowest BCUT2D eigenvalue weighted by atomic mass is 9.78. The zero-order chi connectivity index (χ0) is 13.0. The topological polar surface area (TPSA) is 33.0 Å². The first-order valence-electron chi connectivity index (χ1n) is 6.68. The molecule has 2 atom stereocenters. The Bertz CT molecular complexity index is 418. The van der Waals surface area contributed by atoms with E-state index >= 15 is 0 Å². The van der Waals surface area contributed by atoms with Gasteiger partial charge in [-0.1, -0.05) is 30.3 Å². The smallest absolute Gasteiger partial charge is 0.0662 e. The van der Waals surface area contributed by atoms with E-state index in [1.165, 1.54) is 5.56 Å². The molecule has 1 aliphatic rings. The quantitative estimate of drug-likeness (QED) is 0.813. The SMILES string of the molecule is CC1(C)CC(C(C#N)Cc2ccccc2)CCO1. The Hall–Kier alpha value is -1.33. The van der Waals surface area contributed by atoms with Crippen LogP contribution < -0.4 is 0 Å². The second-order valence-corrected chi connectivity index (χ2v) is 5.79. The van der Waals surface area contributed by atoms with E-state index in [2.05, 4.69) is 32.0 Å². The maximum absolute atomic E-state index is 9.42. The van der Waals surface area contributed by atoms with Crippen LogP contribution >= 0.6 is 0 Å². The molecule has 0 saturated carbocycles. The van der Waals surface area contributed by atoms with Gasteiger partial charge in [0.1, 0.15) is 0 Å². The van der Waals surface area contributed by atoms with Crippen molar-refractivity contribution in [2.24, 2.45) is 11.8 Å². The summed E-state index contributed by atoms with van der Waals surface area (Å²) in [6.07, 6.45) is 2.85. The molecule has 0 spiro atoms. The van der Waals surface area contributed by atoms with Gasteiger partial charge in [0.15, 0.2) is 0 Å². The van der Waals surface area contributed by atoms with Crippen LogP contribution in [0, 0.1) is 23.2 Å². The highest BCUT2D eigenvalue weighted by Gasteiger charge is 2.33. The van der Waals surface area contributed by atoms with E-state index < -0.39 is 0 Å². The van der Waals surface area contributed by atoms with Crippen LogP contribution in [0.15, 0.2) is 30.3 Å². The maximum Gasteiger partial charge on any atom is 0.0662 e. The molecule has 1 fully saturated rings. The zero-order valence-electron chi connectivity index (χ0n) is 11.2. The van der Waals surface area contributed by atoms with Crippen LogP contribution in [0.4, 0.5) is 0 Å². The first-order chi connectivity index (χ1) is 8.61. The first kappa shape index (κ1) is 13.1. The lowest BCUT2D eigenvalue weighted by molar-refractivity contribution is -0.0785. The molecule has 2 nitrogen and oxygen atoms in total. The molecule has 1 aliphatic heterocycles. The largest absolute Gasteiger partial charge is 0.376 e. The minimum absolute atomic E-state index is 0.0747. The average Bonchev–Trinajstić information content (AvgIpc) is 2.36. The molecular weight excluding hydrogens is 222 g/mol. The van der Waals surface area contributed by atoms with Crippen LogP contribution in [0.3, 0.4) is 0 Å². The normalized spacial score (nSPS) is 24.2. The molecular formula is C16H21NO. The number of ether oxygens (including phenoxy) is 1. The highest BCUT2D eigenvalue weighted by molar-refractivity contribution is 5.17. The maximum atomic E-state index is 9.42. The van der Waals surface area contributed by atoms with Crippen molar-refractivity contribution in [1.82, 2.24) is 0 Å². The van der Waals surface area contributed by atoms with Crippen LogP contribution in [0.2, 0.25) is 0 Å². The summed E-state index contributed by atoms with van der Waals surface area (Å²) >= 11 is 0. The van der Waals surface area contributed by atoms with Gasteiger partial charge < -0.3 is 4.74 Å². The van der Waals surface area contributed by atoms with Crippen molar-refractivity contribution in [3.8, 4) is 6.07 Å². The Morgan fingerprint density at radius 1 is 1.39 bits per heavy atom. The van der Waals surface area contributed by atoms with Gasteiger partial charge in [-0.2, -0.15) is 5.26 Å². The standard InChI is InChI=1S/C16H21NO/c1-16(2)11-14(8-9-18-16)15(12-17)10-13-6-4-3-5-7-13/h3-7,14-15H,8-11H2,1-2H3. The van der Waals surface area contributed by atoms with Crippen molar-refractivity contribution < 1.29 is 4.74 Å². The Morgan fingerprint density at radius 3 is 2.72 bits per heavy atom. The van der Waals surface area contributed by atoms with Gasteiger partial charge in [0.2, 0.25) is 0 Å². The third kappa shape index (κ3) is 3.34. The van der Waals surface area contributed by atoms with E-state index in [0.717, 1.165) is 25.9 Å². The second-order valence-electron chi connectivity index (χ2n) is 5.79. The van der Waals surface area contributed by atoms with Crippen molar-refractivity contribution in [2.75, 3.05) is 6.61 Å². The summed E-state index contributed by atoms with van der Waals surface area (Å²) in [7, 11) is 0. The highest BCUT2D eigenvalue weighted by atomic mass is 16.5. The lowest BCUT2D eigenvalue weighted by Gasteiger charge is -2.37. The molecule has 2 rings (SSSR count). The van der Waals surface area contributed by atoms with Crippen molar-refractivity contribution in [3.05, 3.63) is 35.9 Å². The first-order valence-corrected chi connectivity index (χ1v) is 6.68. The van der Waals surface area contributed by atoms with Crippen LogP contribution in [0.5, 0.6) is 0 Å². The molecule has 1 heterocycles. The summed E-state index contributed by atoms with van der Waals surface area (Å²) in [5.74, 6) is 0.564. The zero-order valence-corrected chi connectivity index (χ0v) is 11.2. The molecule has 0 amide bonds. The monoisotopic (exact) mass is 243 g/mol. The molecule has 2 unspecified atom stereocenters. The Labute approximate surface area is 110 Å². The van der Waals surface area contributed by atoms with E-state index in [4.69, 9.17) is 4.74 Å². The molecule has 0 aromatic heterocycles. The van der Waals surface area contributed by atoms with Crippen molar-refractivity contribution in [1.29, 1.82) is 5.26 Å². The Morgan fingerprint density at radius 2 is 2.11 bits per heavy atom. The highest BCUT2D eigenvalue weighted by Crippen LogP contribution is 2.34. The number of nitrogens with zero attached hydrogens (tertiary/aromatic N) is 1. The molecule has 1 saturated heterocycles. The predicted molar refractivity (Wildman–Crippen MR) is 72.0 cm³/mol. The molecule has 96 valence electrons. The summed E-state index contributed by atoms with van der Waals surface area (Å²) in [6, 6.07) is 12.8. The lowest BCUT2D eigenvalue weighted by Crippen LogP contribution is -2.37. The third-order valence-corrected chi connectivity index (χ3v) is 3.77. The molecule has 0 aliphatic carbocycles. The number of hydrogen-bond acceptors (Lipinski definition) is 2. The molecule has 0 bridgehead atoms. The Balaban J connectivity index is 2.03. The molecule has 0 N–H and O–H groups in total. The molecule has 18 heavy (non-hydrogen) atoms. The van der Waals surface area contributed by atoms with Gasteiger partial charge in [0, 0.05) is 6.61 Å². The second kappa shape index (κ2) is 5.54. The number of benzene rings is 1. The van der Waals surface area contributed by atoms with E-state index in [9.17, 15) is 5.26 Å². The molecule has 0 radical (unpaired) electrons. The number of nitriles is 1. The van der Waals surface area contributed by atoms with Gasteiger partial charge in [-0.3, -0.25) is 0 Å². The van der Waals surface area contributed by atoms with Crippen molar-refractivity contribution in [3.63, 3.8) is 0 Å². The fraction of sp³-hybridized carbons (Fsp3) is 0.562. The fourth-order valence-electron chi connectivity index (χ4n) is 2.81. The predicted octanol–water partition coefficient (Wildman–Crippen LogP) is 3.57. The van der Waals surface area contributed by atoms with E-state index in [-0.39, 0.29) is 11.5 Å². The molecule has 1 aromatic carbocycles. The fourth-order valence-corrected chi connectivity index (χ4v) is 2.81. The average molecular weight is 243 g/mol. The number of hydrogen-bond donors (Lipinski definition) is 0. The minimum atomic E-state index is -0.0747. The summed E-state index contributed by atoms with van der Waals surface area (Å²) < 4.78 is 5.73.